The Morgan fingerprint density at radius 3 is 1.41 bits per heavy atom. The van der Waals surface area contributed by atoms with Gasteiger partial charge in [0.15, 0.2) is 5.60 Å². The van der Waals surface area contributed by atoms with Crippen LogP contribution in [0, 0.1) is 5.41 Å². The first-order chi connectivity index (χ1) is 12.5. The van der Waals surface area contributed by atoms with E-state index in [0.717, 1.165) is 51.4 Å². The molecule has 0 spiro atoms. The van der Waals surface area contributed by atoms with Crippen molar-refractivity contribution in [3.63, 3.8) is 0 Å². The van der Waals surface area contributed by atoms with E-state index in [1.54, 1.807) is 13.8 Å². The summed E-state index contributed by atoms with van der Waals surface area (Å²) in [5, 5.41) is 36.8. The Kier molecular flexibility index (Phi) is 11.9. The Morgan fingerprint density at radius 2 is 1.04 bits per heavy atom. The second-order valence-electron chi connectivity index (χ2n) is 8.10. The zero-order chi connectivity index (χ0) is 20.9. The molecule has 0 radical (unpaired) electrons. The number of unbranched alkanes of at least 4 members (excludes halogenated alkanes) is 8. The molecule has 0 saturated heterocycles. The first-order valence-corrected chi connectivity index (χ1v) is 9.92. The molecule has 0 aliphatic rings. The highest BCUT2D eigenvalue weighted by Crippen LogP contribution is 2.25. The third kappa shape index (κ3) is 11.6. The average molecular weight is 389 g/mol. The minimum atomic E-state index is -1.94. The first kappa shape index (κ1) is 25.4. The molecule has 7 heteroatoms. The van der Waals surface area contributed by atoms with Crippen molar-refractivity contribution in [2.24, 2.45) is 5.41 Å². The van der Waals surface area contributed by atoms with E-state index in [1.165, 1.54) is 0 Å². The van der Waals surface area contributed by atoms with Crippen molar-refractivity contribution in [3.05, 3.63) is 0 Å². The molecule has 0 bridgehead atoms. The van der Waals surface area contributed by atoms with Gasteiger partial charge in [0.1, 0.15) is 0 Å². The van der Waals surface area contributed by atoms with E-state index in [1.807, 2.05) is 0 Å². The van der Waals surface area contributed by atoms with Crippen LogP contribution >= 0.6 is 0 Å². The Labute approximate surface area is 161 Å². The predicted molar refractivity (Wildman–Crippen MR) is 102 cm³/mol. The van der Waals surface area contributed by atoms with Crippen LogP contribution in [0.4, 0.5) is 0 Å². The fourth-order valence-electron chi connectivity index (χ4n) is 2.98. The van der Waals surface area contributed by atoms with Gasteiger partial charge in [-0.2, -0.15) is 0 Å². The van der Waals surface area contributed by atoms with Gasteiger partial charge in [-0.15, -0.1) is 0 Å². The fourth-order valence-corrected chi connectivity index (χ4v) is 2.98. The van der Waals surface area contributed by atoms with Crippen LogP contribution in [0.15, 0.2) is 0 Å². The molecule has 0 heterocycles. The minimum Gasteiger partial charge on any atom is -0.481 e. The molecular weight excluding hydrogens is 352 g/mol. The lowest BCUT2D eigenvalue weighted by atomic mass is 9.87. The molecule has 0 aliphatic heterocycles. The lowest BCUT2D eigenvalue weighted by Gasteiger charge is -2.22. The molecule has 0 rings (SSSR count). The monoisotopic (exact) mass is 388 g/mol. The van der Waals surface area contributed by atoms with Crippen molar-refractivity contribution in [2.75, 3.05) is 0 Å². The van der Waals surface area contributed by atoms with Gasteiger partial charge in [-0.3, -0.25) is 9.59 Å². The lowest BCUT2D eigenvalue weighted by molar-refractivity contribution is -0.161. The normalized spacial score (nSPS) is 13.9. The van der Waals surface area contributed by atoms with Gasteiger partial charge in [-0.25, -0.2) is 4.79 Å². The average Bonchev–Trinajstić information content (AvgIpc) is 2.57. The Balaban J connectivity index is 3.70. The van der Waals surface area contributed by atoms with Gasteiger partial charge < -0.3 is 20.4 Å². The molecule has 0 saturated carbocycles. The maximum Gasteiger partial charge on any atom is 0.335 e. The summed E-state index contributed by atoms with van der Waals surface area (Å²) in [6, 6.07) is 0. The Bertz CT molecular complexity index is 473. The van der Waals surface area contributed by atoms with Crippen LogP contribution in [-0.2, 0) is 14.4 Å². The standard InChI is InChI=1S/C20H36O7/c1-19(2,17(23)24)13-10-8-6-4-3-5-7-9-11-14-20(27,18(25)26)15-12-16(21)22/h27H,3-15H2,1-2H3,(H,21,22)(H,23,24)(H,25,26). The molecule has 0 fully saturated rings. The van der Waals surface area contributed by atoms with Gasteiger partial charge >= 0.3 is 17.9 Å². The molecule has 0 amide bonds. The Morgan fingerprint density at radius 1 is 0.630 bits per heavy atom. The highest BCUT2D eigenvalue weighted by molar-refractivity contribution is 5.78. The van der Waals surface area contributed by atoms with Crippen molar-refractivity contribution < 1.29 is 34.8 Å². The molecule has 27 heavy (non-hydrogen) atoms. The maximum atomic E-state index is 11.1. The van der Waals surface area contributed by atoms with Gasteiger partial charge in [-0.1, -0.05) is 51.4 Å². The molecule has 0 aliphatic carbocycles. The lowest BCUT2D eigenvalue weighted by Crippen LogP contribution is -2.39. The largest absolute Gasteiger partial charge is 0.481 e. The number of carboxylic acids is 3. The molecule has 7 nitrogen and oxygen atoms in total. The van der Waals surface area contributed by atoms with Crippen LogP contribution in [0.5, 0.6) is 0 Å². The second-order valence-corrected chi connectivity index (χ2v) is 8.10. The number of carboxylic acid groups (broad SMARTS) is 3. The molecule has 0 aromatic heterocycles. The van der Waals surface area contributed by atoms with E-state index in [0.29, 0.717) is 12.8 Å². The summed E-state index contributed by atoms with van der Waals surface area (Å²) in [6.45, 7) is 3.50. The highest BCUT2D eigenvalue weighted by atomic mass is 16.4. The summed E-state index contributed by atoms with van der Waals surface area (Å²) in [5.41, 5.74) is -2.59. The first-order valence-electron chi connectivity index (χ1n) is 9.92. The smallest absolute Gasteiger partial charge is 0.335 e. The molecular formula is C20H36O7. The molecule has 1 unspecified atom stereocenters. The molecule has 1 atom stereocenters. The predicted octanol–water partition coefficient (Wildman–Crippen LogP) is 4.07. The molecule has 0 aromatic rings. The number of hydrogen-bond donors (Lipinski definition) is 4. The number of carbonyl (C=O) groups is 3. The van der Waals surface area contributed by atoms with Crippen LogP contribution in [0.3, 0.4) is 0 Å². The van der Waals surface area contributed by atoms with E-state index < -0.39 is 28.9 Å². The highest BCUT2D eigenvalue weighted by Gasteiger charge is 2.35. The number of rotatable bonds is 17. The van der Waals surface area contributed by atoms with E-state index in [9.17, 15) is 19.5 Å². The molecule has 0 aromatic carbocycles. The molecule has 158 valence electrons. The molecule has 4 N–H and O–H groups in total. The van der Waals surface area contributed by atoms with Gasteiger partial charge in [0, 0.05) is 6.42 Å². The summed E-state index contributed by atoms with van der Waals surface area (Å²) in [7, 11) is 0. The van der Waals surface area contributed by atoms with Crippen molar-refractivity contribution in [3.8, 4) is 0 Å². The zero-order valence-corrected chi connectivity index (χ0v) is 16.7. The van der Waals surface area contributed by atoms with Crippen molar-refractivity contribution >= 4 is 17.9 Å². The van der Waals surface area contributed by atoms with Crippen LogP contribution < -0.4 is 0 Å². The zero-order valence-electron chi connectivity index (χ0n) is 16.7. The quantitative estimate of drug-likeness (QED) is 0.276. The SMILES string of the molecule is CC(C)(CCCCCCCCCCCC(O)(CCC(=O)O)C(=O)O)C(=O)O. The van der Waals surface area contributed by atoms with Gasteiger partial charge in [0.25, 0.3) is 0 Å². The van der Waals surface area contributed by atoms with Crippen molar-refractivity contribution in [1.82, 2.24) is 0 Å². The third-order valence-corrected chi connectivity index (χ3v) is 5.12. The maximum absolute atomic E-state index is 11.1. The summed E-state index contributed by atoms with van der Waals surface area (Å²) in [5.74, 6) is -3.21. The van der Waals surface area contributed by atoms with Crippen LogP contribution in [0.2, 0.25) is 0 Å². The number of aliphatic hydroxyl groups is 1. The van der Waals surface area contributed by atoms with E-state index in [2.05, 4.69) is 0 Å². The van der Waals surface area contributed by atoms with E-state index in [-0.39, 0.29) is 19.3 Å². The second kappa shape index (κ2) is 12.7. The van der Waals surface area contributed by atoms with Gasteiger partial charge in [0.05, 0.1) is 5.41 Å². The topological polar surface area (TPSA) is 132 Å². The van der Waals surface area contributed by atoms with Gasteiger partial charge in [0.2, 0.25) is 0 Å². The summed E-state index contributed by atoms with van der Waals surface area (Å²) in [4.78, 5) is 32.7. The van der Waals surface area contributed by atoms with E-state index >= 15 is 0 Å². The van der Waals surface area contributed by atoms with Gasteiger partial charge in [-0.05, 0) is 39.5 Å². The van der Waals surface area contributed by atoms with Crippen LogP contribution in [-0.4, -0.2) is 43.9 Å². The number of aliphatic carboxylic acids is 3. The fraction of sp³-hybridized carbons (Fsp3) is 0.850. The minimum absolute atomic E-state index is 0.0783. The van der Waals surface area contributed by atoms with Crippen molar-refractivity contribution in [1.29, 1.82) is 0 Å². The summed E-state index contributed by atoms with van der Waals surface area (Å²) >= 11 is 0. The van der Waals surface area contributed by atoms with Crippen LogP contribution in [0.25, 0.3) is 0 Å². The van der Waals surface area contributed by atoms with E-state index in [4.69, 9.17) is 15.3 Å². The number of hydrogen-bond acceptors (Lipinski definition) is 4. The summed E-state index contributed by atoms with van der Waals surface area (Å²) in [6.07, 6.45) is 8.76. The van der Waals surface area contributed by atoms with Crippen molar-refractivity contribution in [2.45, 2.75) is 103 Å². The summed E-state index contributed by atoms with van der Waals surface area (Å²) < 4.78 is 0. The third-order valence-electron chi connectivity index (χ3n) is 5.12. The van der Waals surface area contributed by atoms with Crippen LogP contribution in [0.1, 0.15) is 97.3 Å². The Hall–Kier alpha value is -1.63.